The molecule has 10 nitrogen and oxygen atoms in total. The van der Waals surface area contributed by atoms with Gasteiger partial charge in [-0.25, -0.2) is 9.59 Å². The molecule has 0 aromatic heterocycles. The monoisotopic (exact) mass is 544 g/mol. The first-order valence-electron chi connectivity index (χ1n) is 12.5. The minimum atomic E-state index is -1.44. The Morgan fingerprint density at radius 2 is 1.52 bits per heavy atom. The first kappa shape index (κ1) is 28.1. The highest BCUT2D eigenvalue weighted by Crippen LogP contribution is 2.44. The molecular formula is C30H28N2O8. The van der Waals surface area contributed by atoms with E-state index in [-0.39, 0.29) is 25.7 Å². The zero-order valence-corrected chi connectivity index (χ0v) is 21.5. The molecule has 10 heteroatoms. The van der Waals surface area contributed by atoms with Gasteiger partial charge in [0, 0.05) is 11.6 Å². The Morgan fingerprint density at radius 1 is 0.900 bits per heavy atom. The number of aliphatic hydroxyl groups excluding tert-OH is 1. The van der Waals surface area contributed by atoms with Gasteiger partial charge in [0.25, 0.3) is 0 Å². The second-order valence-corrected chi connectivity index (χ2v) is 8.89. The van der Waals surface area contributed by atoms with E-state index in [2.05, 4.69) is 26.7 Å². The molecule has 0 spiro atoms. The fourth-order valence-corrected chi connectivity index (χ4v) is 4.37. The molecule has 40 heavy (non-hydrogen) atoms. The standard InChI is InChI=1S/C30H28N2O8/c1-2-15-38-30(37)40-27(34)16-26(28(35)31-20-13-11-19(17-33)12-14-20)32-29(36)39-18-25-23-9-5-3-7-21(23)22-8-4-6-10-24(22)25/h2-14,25-26,33H,1,15-18H2,(H,31,35)(H,32,36). The van der Waals surface area contributed by atoms with Crippen LogP contribution in [0.4, 0.5) is 15.3 Å². The third-order valence-corrected chi connectivity index (χ3v) is 6.24. The van der Waals surface area contributed by atoms with Gasteiger partial charge in [-0.2, -0.15) is 0 Å². The number of aliphatic hydroxyl groups is 1. The summed E-state index contributed by atoms with van der Waals surface area (Å²) in [6.45, 7) is 3.05. The van der Waals surface area contributed by atoms with Gasteiger partial charge in [-0.05, 0) is 39.9 Å². The highest BCUT2D eigenvalue weighted by atomic mass is 16.7. The van der Waals surface area contributed by atoms with Crippen molar-refractivity contribution in [2.75, 3.05) is 18.5 Å². The lowest BCUT2D eigenvalue weighted by Crippen LogP contribution is -2.46. The smallest absolute Gasteiger partial charge is 0.449 e. The fraction of sp³-hybridized carbons (Fsp3) is 0.200. The predicted octanol–water partition coefficient (Wildman–Crippen LogP) is 4.28. The summed E-state index contributed by atoms with van der Waals surface area (Å²) in [6.07, 6.45) is -1.57. The van der Waals surface area contributed by atoms with Crippen LogP contribution in [0.2, 0.25) is 0 Å². The van der Waals surface area contributed by atoms with Crippen molar-refractivity contribution in [3.8, 4) is 11.1 Å². The van der Waals surface area contributed by atoms with Crippen LogP contribution in [0.3, 0.4) is 0 Å². The van der Waals surface area contributed by atoms with Crippen LogP contribution in [0.15, 0.2) is 85.5 Å². The first-order valence-corrected chi connectivity index (χ1v) is 12.5. The normalized spacial score (nSPS) is 12.3. The van der Waals surface area contributed by atoms with E-state index in [4.69, 9.17) is 4.74 Å². The highest BCUT2D eigenvalue weighted by molar-refractivity contribution is 5.99. The average molecular weight is 545 g/mol. The number of anilines is 1. The van der Waals surface area contributed by atoms with Crippen LogP contribution in [-0.4, -0.2) is 48.5 Å². The lowest BCUT2D eigenvalue weighted by atomic mass is 9.98. The number of ether oxygens (including phenoxy) is 3. The number of carbonyl (C=O) groups excluding carboxylic acids is 4. The van der Waals surface area contributed by atoms with Crippen molar-refractivity contribution in [1.82, 2.24) is 5.32 Å². The second kappa shape index (κ2) is 13.2. The maximum absolute atomic E-state index is 13.0. The molecule has 0 saturated carbocycles. The van der Waals surface area contributed by atoms with Gasteiger partial charge in [0.15, 0.2) is 0 Å². The largest absolute Gasteiger partial charge is 0.516 e. The van der Waals surface area contributed by atoms with E-state index in [0.717, 1.165) is 22.3 Å². The Balaban J connectivity index is 1.43. The second-order valence-electron chi connectivity index (χ2n) is 8.89. The van der Waals surface area contributed by atoms with Crippen LogP contribution in [0.1, 0.15) is 29.0 Å². The van der Waals surface area contributed by atoms with Crippen molar-refractivity contribution in [3.63, 3.8) is 0 Å². The number of hydrogen-bond acceptors (Lipinski definition) is 8. The number of fused-ring (bicyclic) bond motifs is 3. The van der Waals surface area contributed by atoms with Crippen LogP contribution in [0.5, 0.6) is 0 Å². The molecule has 1 aliphatic rings. The Morgan fingerprint density at radius 3 is 2.12 bits per heavy atom. The lowest BCUT2D eigenvalue weighted by molar-refractivity contribution is -0.141. The van der Waals surface area contributed by atoms with Gasteiger partial charge < -0.3 is 30.0 Å². The third-order valence-electron chi connectivity index (χ3n) is 6.24. The Labute approximate surface area is 230 Å². The summed E-state index contributed by atoms with van der Waals surface area (Å²) in [5.41, 5.74) is 5.14. The maximum atomic E-state index is 13.0. The van der Waals surface area contributed by atoms with Gasteiger partial charge in [-0.15, -0.1) is 0 Å². The van der Waals surface area contributed by atoms with E-state index in [0.29, 0.717) is 11.3 Å². The summed E-state index contributed by atoms with van der Waals surface area (Å²) >= 11 is 0. The van der Waals surface area contributed by atoms with Crippen LogP contribution in [-0.2, 0) is 30.4 Å². The molecule has 0 aliphatic heterocycles. The summed E-state index contributed by atoms with van der Waals surface area (Å²) in [5.74, 6) is -2.05. The quantitative estimate of drug-likeness (QED) is 0.195. The zero-order valence-electron chi connectivity index (χ0n) is 21.5. The maximum Gasteiger partial charge on any atom is 0.516 e. The van der Waals surface area contributed by atoms with Crippen molar-refractivity contribution in [2.24, 2.45) is 0 Å². The minimum Gasteiger partial charge on any atom is -0.449 e. The number of carbonyl (C=O) groups is 4. The molecule has 0 bridgehead atoms. The molecule has 206 valence electrons. The molecule has 1 unspecified atom stereocenters. The first-order chi connectivity index (χ1) is 19.4. The molecule has 3 N–H and O–H groups in total. The van der Waals surface area contributed by atoms with Crippen molar-refractivity contribution < 1.29 is 38.5 Å². The topological polar surface area (TPSA) is 140 Å². The third kappa shape index (κ3) is 6.91. The van der Waals surface area contributed by atoms with Crippen LogP contribution >= 0.6 is 0 Å². The predicted molar refractivity (Wildman–Crippen MR) is 145 cm³/mol. The fourth-order valence-electron chi connectivity index (χ4n) is 4.37. The summed E-state index contributed by atoms with van der Waals surface area (Å²) in [5, 5.41) is 14.2. The molecule has 3 aromatic rings. The van der Waals surface area contributed by atoms with Crippen molar-refractivity contribution >= 4 is 29.8 Å². The van der Waals surface area contributed by atoms with Crippen molar-refractivity contribution in [3.05, 3.63) is 102 Å². The summed E-state index contributed by atoms with van der Waals surface area (Å²) < 4.78 is 14.7. The van der Waals surface area contributed by atoms with Gasteiger partial charge >= 0.3 is 18.2 Å². The Hall–Kier alpha value is -4.96. The molecule has 1 atom stereocenters. The number of hydrogen-bond donors (Lipinski definition) is 3. The number of rotatable bonds is 10. The number of nitrogens with one attached hydrogen (secondary N) is 2. The average Bonchev–Trinajstić information content (AvgIpc) is 3.28. The SMILES string of the molecule is C=CCOC(=O)OC(=O)CC(NC(=O)OCC1c2ccccc2-c2ccccc21)C(=O)Nc1ccc(CO)cc1. The number of benzene rings is 3. The van der Waals surface area contributed by atoms with E-state index in [1.165, 1.54) is 6.08 Å². The molecule has 0 fully saturated rings. The molecule has 0 radical (unpaired) electrons. The molecule has 0 saturated heterocycles. The van der Waals surface area contributed by atoms with E-state index in [1.54, 1.807) is 24.3 Å². The number of esters is 1. The van der Waals surface area contributed by atoms with Crippen LogP contribution < -0.4 is 10.6 Å². The molecule has 2 amide bonds. The number of alkyl carbamates (subject to hydrolysis) is 1. The van der Waals surface area contributed by atoms with Crippen molar-refractivity contribution in [1.29, 1.82) is 0 Å². The van der Waals surface area contributed by atoms with E-state index in [1.807, 2.05) is 48.5 Å². The molecular weight excluding hydrogens is 516 g/mol. The lowest BCUT2D eigenvalue weighted by Gasteiger charge is -2.19. The van der Waals surface area contributed by atoms with Gasteiger partial charge in [-0.1, -0.05) is 73.3 Å². The minimum absolute atomic E-state index is 0.00481. The van der Waals surface area contributed by atoms with Crippen LogP contribution in [0, 0.1) is 0 Å². The Bertz CT molecular complexity index is 1360. The van der Waals surface area contributed by atoms with Gasteiger partial charge in [-0.3, -0.25) is 9.59 Å². The Kier molecular flexibility index (Phi) is 9.27. The van der Waals surface area contributed by atoms with Gasteiger partial charge in [0.05, 0.1) is 13.0 Å². The van der Waals surface area contributed by atoms with Crippen molar-refractivity contribution in [2.45, 2.75) is 25.0 Å². The van der Waals surface area contributed by atoms with Crippen LogP contribution in [0.25, 0.3) is 11.1 Å². The van der Waals surface area contributed by atoms with E-state index < -0.39 is 36.6 Å². The zero-order chi connectivity index (χ0) is 28.5. The summed E-state index contributed by atoms with van der Waals surface area (Å²) in [4.78, 5) is 49.8. The summed E-state index contributed by atoms with van der Waals surface area (Å²) in [6, 6.07) is 20.6. The molecule has 1 aliphatic carbocycles. The van der Waals surface area contributed by atoms with Gasteiger partial charge in [0.1, 0.15) is 19.3 Å². The molecule has 4 rings (SSSR count). The number of amides is 2. The molecule has 0 heterocycles. The molecule has 3 aromatic carbocycles. The van der Waals surface area contributed by atoms with Gasteiger partial charge in [0.2, 0.25) is 5.91 Å². The van der Waals surface area contributed by atoms with E-state index >= 15 is 0 Å². The summed E-state index contributed by atoms with van der Waals surface area (Å²) in [7, 11) is 0. The highest BCUT2D eigenvalue weighted by Gasteiger charge is 2.31. The van der Waals surface area contributed by atoms with E-state index in [9.17, 15) is 24.3 Å².